The zero-order chi connectivity index (χ0) is 18.0. The van der Waals surface area contributed by atoms with Gasteiger partial charge in [-0.25, -0.2) is 0 Å². The molecule has 0 saturated carbocycles. The summed E-state index contributed by atoms with van der Waals surface area (Å²) >= 11 is 0. The molecule has 2 fully saturated rings. The van der Waals surface area contributed by atoms with Gasteiger partial charge in [0.2, 0.25) is 0 Å². The summed E-state index contributed by atoms with van der Waals surface area (Å²) in [5, 5.41) is 18.9. The summed E-state index contributed by atoms with van der Waals surface area (Å²) in [6, 6.07) is 0. The van der Waals surface area contributed by atoms with Crippen LogP contribution >= 0.6 is 0 Å². The maximum Gasteiger partial charge on any atom is 0.306 e. The van der Waals surface area contributed by atoms with E-state index in [1.807, 2.05) is 0 Å². The molecule has 0 aromatic rings. The Labute approximate surface area is 147 Å². The highest BCUT2D eigenvalue weighted by molar-refractivity contribution is 5.70. The number of carbonyl (C=O) groups is 1. The van der Waals surface area contributed by atoms with Gasteiger partial charge in [-0.15, -0.1) is 0 Å². The van der Waals surface area contributed by atoms with Crippen molar-refractivity contribution in [1.82, 2.24) is 9.80 Å². The smallest absolute Gasteiger partial charge is 0.306 e. The van der Waals surface area contributed by atoms with E-state index in [9.17, 15) is 9.90 Å². The van der Waals surface area contributed by atoms with E-state index in [4.69, 9.17) is 5.11 Å². The third kappa shape index (κ3) is 4.93. The predicted molar refractivity (Wildman–Crippen MR) is 96.1 cm³/mol. The molecule has 5 heteroatoms. The molecule has 5 nitrogen and oxygen atoms in total. The molecule has 0 aromatic heterocycles. The third-order valence-electron chi connectivity index (χ3n) is 6.37. The van der Waals surface area contributed by atoms with Crippen molar-refractivity contribution < 1.29 is 15.0 Å². The largest absolute Gasteiger partial charge is 0.481 e. The lowest BCUT2D eigenvalue weighted by Crippen LogP contribution is -2.52. The molecule has 0 radical (unpaired) electrons. The first-order valence-electron chi connectivity index (χ1n) is 9.53. The van der Waals surface area contributed by atoms with Crippen molar-refractivity contribution in [3.63, 3.8) is 0 Å². The van der Waals surface area contributed by atoms with E-state index in [1.165, 1.54) is 0 Å². The zero-order valence-corrected chi connectivity index (χ0v) is 15.9. The van der Waals surface area contributed by atoms with Gasteiger partial charge in [0.05, 0.1) is 12.0 Å². The number of hydrogen-bond acceptors (Lipinski definition) is 4. The van der Waals surface area contributed by atoms with Crippen molar-refractivity contribution >= 4 is 5.97 Å². The van der Waals surface area contributed by atoms with Gasteiger partial charge in [0.15, 0.2) is 0 Å². The summed E-state index contributed by atoms with van der Waals surface area (Å²) in [5.41, 5.74) is 0.257. The van der Waals surface area contributed by atoms with Gasteiger partial charge in [0, 0.05) is 24.2 Å². The van der Waals surface area contributed by atoms with Gasteiger partial charge in [0.1, 0.15) is 0 Å². The lowest BCUT2D eigenvalue weighted by atomic mass is 9.84. The Balaban J connectivity index is 1.84. The van der Waals surface area contributed by atoms with Crippen molar-refractivity contribution in [3.05, 3.63) is 0 Å². The van der Waals surface area contributed by atoms with Crippen LogP contribution in [0.2, 0.25) is 0 Å². The molecule has 2 rings (SSSR count). The van der Waals surface area contributed by atoms with Crippen LogP contribution in [0.4, 0.5) is 0 Å². The fourth-order valence-corrected chi connectivity index (χ4v) is 4.13. The average molecular weight is 341 g/mol. The molecule has 24 heavy (non-hydrogen) atoms. The fourth-order valence-electron chi connectivity index (χ4n) is 4.13. The molecule has 2 N–H and O–H groups in total. The normalized spacial score (nSPS) is 23.5. The highest BCUT2D eigenvalue weighted by Crippen LogP contribution is 2.32. The minimum atomic E-state index is -0.638. The van der Waals surface area contributed by atoms with Crippen LogP contribution in [0, 0.1) is 5.92 Å². The number of rotatable bonds is 6. The van der Waals surface area contributed by atoms with Crippen LogP contribution in [-0.2, 0) is 4.79 Å². The van der Waals surface area contributed by atoms with E-state index >= 15 is 0 Å². The number of aliphatic hydroxyl groups excluding tert-OH is 1. The Kier molecular flexibility index (Phi) is 6.32. The SMILES string of the molecule is CC(C)(CCC(C)(C)N1CCC(C(=O)O)CC1)N1CCC(O)CC1. The lowest BCUT2D eigenvalue weighted by Gasteiger charge is -2.46. The Hall–Kier alpha value is -0.650. The molecule has 2 heterocycles. The van der Waals surface area contributed by atoms with Gasteiger partial charge in [-0.05, 0) is 79.3 Å². The Morgan fingerprint density at radius 2 is 1.25 bits per heavy atom. The number of aliphatic carboxylic acids is 1. The third-order valence-corrected chi connectivity index (χ3v) is 6.37. The molecule has 0 amide bonds. The minimum Gasteiger partial charge on any atom is -0.481 e. The van der Waals surface area contributed by atoms with E-state index in [2.05, 4.69) is 37.5 Å². The molecule has 0 unspecified atom stereocenters. The van der Waals surface area contributed by atoms with Crippen molar-refractivity contribution in [2.45, 2.75) is 83.4 Å². The van der Waals surface area contributed by atoms with Crippen LogP contribution in [0.25, 0.3) is 0 Å². The topological polar surface area (TPSA) is 64.0 Å². The summed E-state index contributed by atoms with van der Waals surface area (Å²) in [6.45, 7) is 13.0. The van der Waals surface area contributed by atoms with Gasteiger partial charge < -0.3 is 10.2 Å². The van der Waals surface area contributed by atoms with Crippen LogP contribution in [0.15, 0.2) is 0 Å². The van der Waals surface area contributed by atoms with Crippen LogP contribution in [0.5, 0.6) is 0 Å². The number of hydrogen-bond donors (Lipinski definition) is 2. The Morgan fingerprint density at radius 1 is 0.875 bits per heavy atom. The monoisotopic (exact) mass is 340 g/mol. The number of carboxylic acids is 1. The zero-order valence-electron chi connectivity index (χ0n) is 15.9. The van der Waals surface area contributed by atoms with Gasteiger partial charge in [-0.2, -0.15) is 0 Å². The highest BCUT2D eigenvalue weighted by Gasteiger charge is 2.36. The Morgan fingerprint density at radius 3 is 1.62 bits per heavy atom. The molecule has 140 valence electrons. The summed E-state index contributed by atoms with van der Waals surface area (Å²) in [5.74, 6) is -0.797. The van der Waals surface area contributed by atoms with Gasteiger partial charge >= 0.3 is 5.97 Å². The minimum absolute atomic E-state index is 0.107. The number of piperidine rings is 2. The maximum absolute atomic E-state index is 11.1. The number of likely N-dealkylation sites (tertiary alicyclic amines) is 2. The van der Waals surface area contributed by atoms with Crippen LogP contribution in [-0.4, -0.2) is 69.3 Å². The second-order valence-corrected chi connectivity index (χ2v) is 8.94. The standard InChI is InChI=1S/C19H36N2O3/c1-18(2,20-11-5-15(6-12-20)17(23)24)9-10-19(3,4)21-13-7-16(22)8-14-21/h15-16,22H,5-14H2,1-4H3,(H,23,24). The second-order valence-electron chi connectivity index (χ2n) is 8.94. The fraction of sp³-hybridized carbons (Fsp3) is 0.947. The van der Waals surface area contributed by atoms with Gasteiger partial charge in [-0.1, -0.05) is 0 Å². The second kappa shape index (κ2) is 7.71. The number of nitrogens with zero attached hydrogens (tertiary/aromatic N) is 2. The first-order valence-corrected chi connectivity index (χ1v) is 9.53. The molecule has 2 aliphatic heterocycles. The van der Waals surface area contributed by atoms with E-state index in [1.54, 1.807) is 0 Å². The Bertz CT molecular complexity index is 420. The van der Waals surface area contributed by atoms with Crippen molar-refractivity contribution in [1.29, 1.82) is 0 Å². The number of aliphatic hydroxyl groups is 1. The average Bonchev–Trinajstić information content (AvgIpc) is 2.54. The highest BCUT2D eigenvalue weighted by atomic mass is 16.4. The first kappa shape index (κ1) is 19.7. The molecular formula is C19H36N2O3. The van der Waals surface area contributed by atoms with E-state index < -0.39 is 5.97 Å². The molecule has 0 aromatic carbocycles. The quantitative estimate of drug-likeness (QED) is 0.778. The van der Waals surface area contributed by atoms with Gasteiger partial charge in [0.25, 0.3) is 0 Å². The molecule has 0 spiro atoms. The van der Waals surface area contributed by atoms with Gasteiger partial charge in [-0.3, -0.25) is 14.6 Å². The van der Waals surface area contributed by atoms with Crippen molar-refractivity contribution in [2.24, 2.45) is 5.92 Å². The van der Waals surface area contributed by atoms with Crippen molar-refractivity contribution in [3.8, 4) is 0 Å². The molecule has 2 saturated heterocycles. The summed E-state index contributed by atoms with van der Waals surface area (Å²) in [7, 11) is 0. The van der Waals surface area contributed by atoms with E-state index in [0.29, 0.717) is 0 Å². The molecule has 0 atom stereocenters. The molecule has 0 aliphatic carbocycles. The van der Waals surface area contributed by atoms with Crippen molar-refractivity contribution in [2.75, 3.05) is 26.2 Å². The molecule has 0 bridgehead atoms. The lowest BCUT2D eigenvalue weighted by molar-refractivity contribution is -0.143. The summed E-state index contributed by atoms with van der Waals surface area (Å²) in [6.07, 6.45) is 5.42. The summed E-state index contributed by atoms with van der Waals surface area (Å²) < 4.78 is 0. The summed E-state index contributed by atoms with van der Waals surface area (Å²) in [4.78, 5) is 16.1. The van der Waals surface area contributed by atoms with Crippen LogP contribution < -0.4 is 0 Å². The number of carboxylic acid groups (broad SMARTS) is 1. The van der Waals surface area contributed by atoms with Crippen LogP contribution in [0.3, 0.4) is 0 Å². The molecule has 2 aliphatic rings. The first-order chi connectivity index (χ1) is 11.1. The predicted octanol–water partition coefficient (Wildman–Crippen LogP) is 2.58. The maximum atomic E-state index is 11.1. The van der Waals surface area contributed by atoms with E-state index in [-0.39, 0.29) is 23.1 Å². The van der Waals surface area contributed by atoms with Crippen LogP contribution in [0.1, 0.15) is 66.2 Å². The molecular weight excluding hydrogens is 304 g/mol. The van der Waals surface area contributed by atoms with E-state index in [0.717, 1.165) is 64.7 Å².